The van der Waals surface area contributed by atoms with Crippen LogP contribution in [-0.2, 0) is 17.3 Å². The van der Waals surface area contributed by atoms with Gasteiger partial charge in [-0.1, -0.05) is 13.0 Å². The van der Waals surface area contributed by atoms with Crippen molar-refractivity contribution in [3.05, 3.63) is 23.8 Å². The fraction of sp³-hybridized carbons (Fsp3) is 0.625. The molecule has 0 radical (unpaired) electrons. The second-order valence-electron chi connectivity index (χ2n) is 5.43. The predicted molar refractivity (Wildman–Crippen MR) is 88.6 cm³/mol. The van der Waals surface area contributed by atoms with E-state index >= 15 is 0 Å². The zero-order chi connectivity index (χ0) is 15.8. The first-order chi connectivity index (χ1) is 9.93. The Morgan fingerprint density at radius 3 is 2.52 bits per heavy atom. The van der Waals surface area contributed by atoms with Gasteiger partial charge < -0.3 is 14.8 Å². The number of hydrogen-bond acceptors (Lipinski definition) is 4. The van der Waals surface area contributed by atoms with E-state index in [4.69, 9.17) is 9.47 Å². The van der Waals surface area contributed by atoms with E-state index in [0.29, 0.717) is 0 Å². The maximum Gasteiger partial charge on any atom is 0.161 e. The first-order valence-corrected chi connectivity index (χ1v) is 8.92. The van der Waals surface area contributed by atoms with Gasteiger partial charge in [-0.2, -0.15) is 0 Å². The van der Waals surface area contributed by atoms with Gasteiger partial charge in [-0.15, -0.1) is 0 Å². The van der Waals surface area contributed by atoms with Crippen molar-refractivity contribution in [3.8, 4) is 11.5 Å². The van der Waals surface area contributed by atoms with Gasteiger partial charge in [0.25, 0.3) is 0 Å². The molecule has 1 aromatic carbocycles. The fourth-order valence-electron chi connectivity index (χ4n) is 1.88. The van der Waals surface area contributed by atoms with Crippen LogP contribution in [0.25, 0.3) is 0 Å². The van der Waals surface area contributed by atoms with Gasteiger partial charge >= 0.3 is 0 Å². The number of rotatable bonds is 9. The average molecular weight is 313 g/mol. The molecular weight excluding hydrogens is 286 g/mol. The highest BCUT2D eigenvalue weighted by molar-refractivity contribution is 7.84. The lowest BCUT2D eigenvalue weighted by Gasteiger charge is -2.15. The maximum atomic E-state index is 11.3. The van der Waals surface area contributed by atoms with Crippen LogP contribution in [0.1, 0.15) is 32.8 Å². The Labute approximate surface area is 130 Å². The molecule has 0 heterocycles. The first-order valence-electron chi connectivity index (χ1n) is 7.30. The van der Waals surface area contributed by atoms with E-state index in [2.05, 4.69) is 5.32 Å². The van der Waals surface area contributed by atoms with Crippen LogP contribution in [0.5, 0.6) is 11.5 Å². The minimum Gasteiger partial charge on any atom is -0.493 e. The fourth-order valence-corrected chi connectivity index (χ4v) is 2.33. The Hall–Kier alpha value is -1.07. The van der Waals surface area contributed by atoms with E-state index in [9.17, 15) is 4.21 Å². The number of hydrogen-bond donors (Lipinski definition) is 1. The molecule has 0 aromatic heterocycles. The normalized spacial score (nSPS) is 14.0. The van der Waals surface area contributed by atoms with Gasteiger partial charge in [0.2, 0.25) is 0 Å². The highest BCUT2D eigenvalue weighted by Crippen LogP contribution is 2.28. The van der Waals surface area contributed by atoms with Gasteiger partial charge in [0.05, 0.1) is 13.2 Å². The lowest BCUT2D eigenvalue weighted by Crippen LogP contribution is -2.21. The molecule has 0 aliphatic carbocycles. The Kier molecular flexibility index (Phi) is 7.75. The van der Waals surface area contributed by atoms with E-state index in [1.807, 2.05) is 39.0 Å². The van der Waals surface area contributed by atoms with Gasteiger partial charge in [0.1, 0.15) is 0 Å². The van der Waals surface area contributed by atoms with Gasteiger partial charge in [-0.25, -0.2) is 0 Å². The Balaban J connectivity index is 2.51. The molecule has 0 aliphatic heterocycles. The Bertz CT molecular complexity index is 463. The summed E-state index contributed by atoms with van der Waals surface area (Å²) < 4.78 is 22.3. The number of methoxy groups -OCH3 is 1. The molecule has 1 aromatic rings. The Morgan fingerprint density at radius 1 is 1.24 bits per heavy atom. The lowest BCUT2D eigenvalue weighted by atomic mass is 10.2. The summed E-state index contributed by atoms with van der Waals surface area (Å²) in [5.41, 5.74) is 1.15. The SMILES string of the molecule is COc1cc(CNCCC(C)S(C)=O)ccc1OC(C)C. The largest absolute Gasteiger partial charge is 0.493 e. The zero-order valence-corrected chi connectivity index (χ0v) is 14.5. The summed E-state index contributed by atoms with van der Waals surface area (Å²) in [4.78, 5) is 0. The molecule has 2 atom stereocenters. The second-order valence-corrected chi connectivity index (χ2v) is 7.23. The molecule has 0 aliphatic rings. The van der Waals surface area contributed by atoms with Crippen molar-refractivity contribution < 1.29 is 13.7 Å². The molecule has 4 nitrogen and oxygen atoms in total. The summed E-state index contributed by atoms with van der Waals surface area (Å²) in [6, 6.07) is 5.97. The summed E-state index contributed by atoms with van der Waals surface area (Å²) in [6.07, 6.45) is 2.79. The van der Waals surface area contributed by atoms with Gasteiger partial charge in [0, 0.05) is 28.9 Å². The van der Waals surface area contributed by atoms with Crippen molar-refractivity contribution in [2.75, 3.05) is 19.9 Å². The van der Waals surface area contributed by atoms with E-state index in [0.717, 1.165) is 36.6 Å². The third-order valence-electron chi connectivity index (χ3n) is 3.21. The number of benzene rings is 1. The van der Waals surface area contributed by atoms with E-state index < -0.39 is 10.8 Å². The molecule has 0 amide bonds. The first kappa shape index (κ1) is 18.0. The molecule has 1 N–H and O–H groups in total. The highest BCUT2D eigenvalue weighted by atomic mass is 32.2. The average Bonchev–Trinajstić information content (AvgIpc) is 2.43. The van der Waals surface area contributed by atoms with Crippen LogP contribution in [0.4, 0.5) is 0 Å². The van der Waals surface area contributed by atoms with Crippen LogP contribution in [0.3, 0.4) is 0 Å². The van der Waals surface area contributed by atoms with E-state index in [1.54, 1.807) is 13.4 Å². The topological polar surface area (TPSA) is 47.6 Å². The minimum absolute atomic E-state index is 0.124. The Morgan fingerprint density at radius 2 is 1.95 bits per heavy atom. The standard InChI is InChI=1S/C16H27NO3S/c1-12(2)20-15-7-6-14(10-16(15)19-4)11-17-9-8-13(3)21(5)18/h6-7,10,12-13,17H,8-9,11H2,1-5H3. The second kappa shape index (κ2) is 9.05. The third kappa shape index (κ3) is 6.48. The van der Waals surface area contributed by atoms with Crippen LogP contribution in [0, 0.1) is 0 Å². The summed E-state index contributed by atoms with van der Waals surface area (Å²) in [6.45, 7) is 7.62. The molecule has 0 bridgehead atoms. The maximum absolute atomic E-state index is 11.3. The molecule has 21 heavy (non-hydrogen) atoms. The van der Waals surface area contributed by atoms with Crippen molar-refractivity contribution in [3.63, 3.8) is 0 Å². The van der Waals surface area contributed by atoms with Gasteiger partial charge in [-0.3, -0.25) is 4.21 Å². The summed E-state index contributed by atoms with van der Waals surface area (Å²) in [5.74, 6) is 1.53. The third-order valence-corrected chi connectivity index (χ3v) is 4.58. The molecule has 0 spiro atoms. The van der Waals surface area contributed by atoms with E-state index in [1.165, 1.54) is 0 Å². The quantitative estimate of drug-likeness (QED) is 0.712. The van der Waals surface area contributed by atoms with Crippen molar-refractivity contribution >= 4 is 10.8 Å². The smallest absolute Gasteiger partial charge is 0.161 e. The van der Waals surface area contributed by atoms with Crippen LogP contribution in [0.2, 0.25) is 0 Å². The van der Waals surface area contributed by atoms with Crippen molar-refractivity contribution in [1.29, 1.82) is 0 Å². The summed E-state index contributed by atoms with van der Waals surface area (Å²) >= 11 is 0. The highest BCUT2D eigenvalue weighted by Gasteiger charge is 2.08. The van der Waals surface area contributed by atoms with Crippen LogP contribution in [-0.4, -0.2) is 35.5 Å². The van der Waals surface area contributed by atoms with Gasteiger partial charge in [-0.05, 0) is 44.5 Å². The van der Waals surface area contributed by atoms with Crippen molar-refractivity contribution in [2.24, 2.45) is 0 Å². The van der Waals surface area contributed by atoms with Crippen LogP contribution in [0.15, 0.2) is 18.2 Å². The van der Waals surface area contributed by atoms with Gasteiger partial charge in [0.15, 0.2) is 11.5 Å². The van der Waals surface area contributed by atoms with Crippen molar-refractivity contribution in [2.45, 2.75) is 45.1 Å². The summed E-state index contributed by atoms with van der Waals surface area (Å²) in [7, 11) is 0.902. The molecular formula is C16H27NO3S. The van der Waals surface area contributed by atoms with E-state index in [-0.39, 0.29) is 11.4 Å². The lowest BCUT2D eigenvalue weighted by molar-refractivity contribution is 0.230. The molecule has 0 fully saturated rings. The summed E-state index contributed by atoms with van der Waals surface area (Å²) in [5, 5.41) is 3.60. The monoisotopic (exact) mass is 313 g/mol. The molecule has 2 unspecified atom stereocenters. The zero-order valence-electron chi connectivity index (χ0n) is 13.6. The number of ether oxygens (including phenoxy) is 2. The molecule has 5 heteroatoms. The van der Waals surface area contributed by atoms with Crippen molar-refractivity contribution in [1.82, 2.24) is 5.32 Å². The molecule has 0 saturated carbocycles. The minimum atomic E-state index is -0.749. The molecule has 0 saturated heterocycles. The van der Waals surface area contributed by atoms with Crippen LogP contribution < -0.4 is 14.8 Å². The predicted octanol–water partition coefficient (Wildman–Crippen LogP) is 2.73. The number of nitrogens with one attached hydrogen (secondary N) is 1. The molecule has 120 valence electrons. The molecule has 1 rings (SSSR count). The van der Waals surface area contributed by atoms with Crippen LogP contribution >= 0.6 is 0 Å².